The first-order chi connectivity index (χ1) is 17.2. The van der Waals surface area contributed by atoms with Gasteiger partial charge in [-0.25, -0.2) is 0 Å². The third-order valence-corrected chi connectivity index (χ3v) is 13.3. The Morgan fingerprint density at radius 1 is 1.11 bits per heavy atom. The number of methoxy groups -OCH3 is 1. The molecule has 208 valence electrons. The van der Waals surface area contributed by atoms with E-state index in [1.165, 1.54) is 13.5 Å². The Morgan fingerprint density at radius 3 is 2.46 bits per heavy atom. The van der Waals surface area contributed by atoms with Crippen LogP contribution >= 0.6 is 0 Å². The van der Waals surface area contributed by atoms with Gasteiger partial charge in [0.25, 0.3) is 0 Å². The van der Waals surface area contributed by atoms with Crippen molar-refractivity contribution in [3.05, 3.63) is 0 Å². The van der Waals surface area contributed by atoms with Gasteiger partial charge in [-0.05, 0) is 104 Å². The molecule has 2 spiro atoms. The monoisotopic (exact) mass is 516 g/mol. The number of hydrogen-bond donors (Lipinski definition) is 1. The first kappa shape index (κ1) is 26.1. The summed E-state index contributed by atoms with van der Waals surface area (Å²) in [5, 5.41) is 11.3. The van der Waals surface area contributed by atoms with Crippen molar-refractivity contribution in [2.24, 2.45) is 51.2 Å². The van der Waals surface area contributed by atoms with Crippen LogP contribution in [0.3, 0.4) is 0 Å². The maximum Gasteiger partial charge on any atom is 0.311 e. The normalized spacial score (nSPS) is 54.1. The van der Waals surface area contributed by atoms with Crippen molar-refractivity contribution in [2.45, 2.75) is 123 Å². The quantitative estimate of drug-likeness (QED) is 0.487. The molecule has 6 heteroatoms. The van der Waals surface area contributed by atoms with Crippen LogP contribution in [0.25, 0.3) is 0 Å². The molecule has 0 radical (unpaired) electrons. The topological polar surface area (TPSA) is 82.1 Å². The van der Waals surface area contributed by atoms with Gasteiger partial charge in [-0.2, -0.15) is 0 Å². The van der Waals surface area contributed by atoms with Crippen LogP contribution in [-0.2, 0) is 23.8 Å². The first-order valence-corrected chi connectivity index (χ1v) is 14.9. The van der Waals surface area contributed by atoms with Gasteiger partial charge < -0.3 is 19.3 Å². The Labute approximate surface area is 222 Å². The molecular formula is C31H48O6. The van der Waals surface area contributed by atoms with Crippen molar-refractivity contribution in [1.29, 1.82) is 0 Å². The summed E-state index contributed by atoms with van der Waals surface area (Å²) in [4.78, 5) is 24.6. The SMILES string of the molecule is COC(=O)CC[C@]12C[C@]13CC[C@]1(C)C4C(C)C[C@]5(CC(C)C(=O)O5)OC4CC1(C)C3CCC2C(C)(C)O. The lowest BCUT2D eigenvalue weighted by atomic mass is 9.43. The van der Waals surface area contributed by atoms with E-state index in [1.807, 2.05) is 20.8 Å². The van der Waals surface area contributed by atoms with Gasteiger partial charge in [-0.1, -0.05) is 27.7 Å². The number of esters is 2. The summed E-state index contributed by atoms with van der Waals surface area (Å²) in [5.41, 5.74) is -0.290. The highest BCUT2D eigenvalue weighted by Gasteiger charge is 2.82. The van der Waals surface area contributed by atoms with E-state index >= 15 is 0 Å². The van der Waals surface area contributed by atoms with E-state index in [-0.39, 0.29) is 51.5 Å². The molecule has 6 aliphatic rings. The number of hydrogen-bond acceptors (Lipinski definition) is 6. The molecule has 7 unspecified atom stereocenters. The molecule has 1 N–H and O–H groups in total. The molecular weight excluding hydrogens is 468 g/mol. The maximum absolute atomic E-state index is 12.4. The molecule has 6 rings (SSSR count). The predicted molar refractivity (Wildman–Crippen MR) is 138 cm³/mol. The van der Waals surface area contributed by atoms with Crippen LogP contribution in [0.1, 0.15) is 106 Å². The average Bonchev–Trinajstić information content (AvgIpc) is 3.30. The summed E-state index contributed by atoms with van der Waals surface area (Å²) in [5.74, 6) is 0.570. The predicted octanol–water partition coefficient (Wildman–Crippen LogP) is 5.64. The molecule has 0 aromatic heterocycles. The first-order valence-electron chi connectivity index (χ1n) is 14.9. The fourth-order valence-corrected chi connectivity index (χ4v) is 11.9. The molecule has 0 bridgehead atoms. The van der Waals surface area contributed by atoms with Crippen molar-refractivity contribution >= 4 is 11.9 Å². The zero-order valence-corrected chi connectivity index (χ0v) is 24.0. The Morgan fingerprint density at radius 2 is 1.84 bits per heavy atom. The summed E-state index contributed by atoms with van der Waals surface area (Å²) in [6, 6.07) is 0. The summed E-state index contributed by atoms with van der Waals surface area (Å²) < 4.78 is 17.9. The van der Waals surface area contributed by atoms with Crippen LogP contribution in [0.15, 0.2) is 0 Å². The summed E-state index contributed by atoms with van der Waals surface area (Å²) >= 11 is 0. The number of carbonyl (C=O) groups is 2. The molecule has 2 aliphatic heterocycles. The molecule has 2 saturated heterocycles. The minimum atomic E-state index is -0.761. The van der Waals surface area contributed by atoms with Crippen molar-refractivity contribution in [1.82, 2.24) is 0 Å². The molecule has 0 amide bonds. The lowest BCUT2D eigenvalue weighted by Crippen LogP contribution is -2.57. The van der Waals surface area contributed by atoms with Crippen molar-refractivity contribution < 1.29 is 28.9 Å². The van der Waals surface area contributed by atoms with Gasteiger partial charge in [0.1, 0.15) is 0 Å². The van der Waals surface area contributed by atoms with Gasteiger partial charge in [-0.15, -0.1) is 0 Å². The smallest absolute Gasteiger partial charge is 0.311 e. The summed E-state index contributed by atoms with van der Waals surface area (Å²) in [7, 11) is 1.48. The molecule has 0 aromatic rings. The van der Waals surface area contributed by atoms with Crippen LogP contribution in [0, 0.1) is 51.2 Å². The fourth-order valence-electron chi connectivity index (χ4n) is 11.9. The number of aliphatic hydroxyl groups is 1. The Bertz CT molecular complexity index is 1000. The van der Waals surface area contributed by atoms with Crippen LogP contribution in [-0.4, -0.2) is 41.6 Å². The Kier molecular flexibility index (Phi) is 5.46. The van der Waals surface area contributed by atoms with Crippen LogP contribution in [0.4, 0.5) is 0 Å². The molecule has 4 saturated carbocycles. The van der Waals surface area contributed by atoms with E-state index in [4.69, 9.17) is 14.2 Å². The van der Waals surface area contributed by atoms with E-state index in [0.29, 0.717) is 30.6 Å². The van der Waals surface area contributed by atoms with Crippen LogP contribution < -0.4 is 0 Å². The van der Waals surface area contributed by atoms with Gasteiger partial charge in [-0.3, -0.25) is 9.59 Å². The molecule has 0 aromatic carbocycles. The zero-order valence-electron chi connectivity index (χ0n) is 24.0. The highest BCUT2D eigenvalue weighted by molar-refractivity contribution is 5.74. The molecule has 37 heavy (non-hydrogen) atoms. The van der Waals surface area contributed by atoms with Gasteiger partial charge in [0.2, 0.25) is 5.79 Å². The van der Waals surface area contributed by atoms with Gasteiger partial charge in [0.15, 0.2) is 0 Å². The zero-order chi connectivity index (χ0) is 26.8. The Balaban J connectivity index is 1.34. The third-order valence-electron chi connectivity index (χ3n) is 13.3. The van der Waals surface area contributed by atoms with Gasteiger partial charge in [0, 0.05) is 19.3 Å². The number of ether oxygens (including phenoxy) is 3. The standard InChI is InChI=1S/C31H48O6/c1-18-14-31(15-19(2)25(33)37-31)36-20-16-28(6)22-9-8-21(26(3,4)34)29(11-10-23(32)35-7)17-30(22,29)13-12-27(28,5)24(18)20/h18-22,24,34H,8-17H2,1-7H3/t18?,19?,20?,21?,22?,24?,27-,28?,29-,30+,31+/m1/s1. The molecule has 2 heterocycles. The minimum absolute atomic E-state index is 0.00453. The number of fused-ring (bicyclic) bond motifs is 4. The van der Waals surface area contributed by atoms with Gasteiger partial charge in [0.05, 0.1) is 24.7 Å². The minimum Gasteiger partial charge on any atom is -0.469 e. The second-order valence-corrected chi connectivity index (χ2v) is 15.2. The number of carbonyl (C=O) groups excluding carboxylic acids is 2. The lowest BCUT2D eigenvalue weighted by molar-refractivity contribution is -0.276. The van der Waals surface area contributed by atoms with E-state index < -0.39 is 11.4 Å². The van der Waals surface area contributed by atoms with Crippen molar-refractivity contribution in [2.75, 3.05) is 7.11 Å². The van der Waals surface area contributed by atoms with E-state index in [1.54, 1.807) is 0 Å². The van der Waals surface area contributed by atoms with E-state index in [0.717, 1.165) is 44.9 Å². The third kappa shape index (κ3) is 3.24. The van der Waals surface area contributed by atoms with Crippen LogP contribution in [0.5, 0.6) is 0 Å². The lowest BCUT2D eigenvalue weighted by Gasteiger charge is -2.61. The van der Waals surface area contributed by atoms with Gasteiger partial charge >= 0.3 is 11.9 Å². The second kappa shape index (κ2) is 7.74. The van der Waals surface area contributed by atoms with Crippen LogP contribution in [0.2, 0.25) is 0 Å². The molecule has 4 aliphatic carbocycles. The maximum atomic E-state index is 12.4. The summed E-state index contributed by atoms with van der Waals surface area (Å²) in [6.45, 7) is 13.3. The largest absolute Gasteiger partial charge is 0.469 e. The van der Waals surface area contributed by atoms with Crippen molar-refractivity contribution in [3.8, 4) is 0 Å². The number of rotatable bonds is 4. The van der Waals surface area contributed by atoms with Crippen molar-refractivity contribution in [3.63, 3.8) is 0 Å². The molecule has 11 atom stereocenters. The fraction of sp³-hybridized carbons (Fsp3) is 0.935. The van der Waals surface area contributed by atoms with E-state index in [9.17, 15) is 14.7 Å². The average molecular weight is 517 g/mol. The summed E-state index contributed by atoms with van der Waals surface area (Å²) in [6.07, 6.45) is 9.44. The Hall–Kier alpha value is -1.14. The highest BCUT2D eigenvalue weighted by atomic mass is 16.7. The highest BCUT2D eigenvalue weighted by Crippen LogP contribution is 2.88. The second-order valence-electron chi connectivity index (χ2n) is 15.2. The van der Waals surface area contributed by atoms with E-state index in [2.05, 4.69) is 20.8 Å². The molecule has 6 fully saturated rings. The molecule has 6 nitrogen and oxygen atoms in total.